The summed E-state index contributed by atoms with van der Waals surface area (Å²) >= 11 is 0. The molecule has 3 atom stereocenters. The molecule has 1 fully saturated rings. The quantitative estimate of drug-likeness (QED) is 0.587. The molecule has 0 spiro atoms. The van der Waals surface area contributed by atoms with E-state index in [9.17, 15) is 4.79 Å². The predicted octanol–water partition coefficient (Wildman–Crippen LogP) is 5.55. The Morgan fingerprint density at radius 1 is 0.966 bits per heavy atom. The van der Waals surface area contributed by atoms with E-state index >= 15 is 0 Å². The molecule has 0 aromatic heterocycles. The Bertz CT molecular complexity index is 1110. The van der Waals surface area contributed by atoms with E-state index in [2.05, 4.69) is 55.5 Å². The van der Waals surface area contributed by atoms with E-state index in [0.717, 1.165) is 13.0 Å². The summed E-state index contributed by atoms with van der Waals surface area (Å²) < 4.78 is 0. The minimum Gasteiger partial charge on any atom is -0.331 e. The summed E-state index contributed by atoms with van der Waals surface area (Å²) in [6.07, 6.45) is 0.997. The van der Waals surface area contributed by atoms with E-state index in [-0.39, 0.29) is 11.9 Å². The van der Waals surface area contributed by atoms with Crippen molar-refractivity contribution >= 4 is 5.91 Å². The van der Waals surface area contributed by atoms with Crippen LogP contribution in [-0.4, -0.2) is 17.4 Å². The van der Waals surface area contributed by atoms with Gasteiger partial charge in [-0.05, 0) is 70.8 Å². The van der Waals surface area contributed by atoms with E-state index < -0.39 is 0 Å². The zero-order valence-corrected chi connectivity index (χ0v) is 16.4. The second-order valence-electron chi connectivity index (χ2n) is 8.10. The number of likely N-dealkylation sites (tertiary alicyclic amines) is 1. The molecule has 1 aliphatic carbocycles. The molecular formula is C26H22N2O. The van der Waals surface area contributed by atoms with Gasteiger partial charge < -0.3 is 4.90 Å². The molecule has 3 aromatic carbocycles. The molecule has 2 bridgehead atoms. The maximum atomic E-state index is 13.3. The predicted molar refractivity (Wildman–Crippen MR) is 113 cm³/mol. The van der Waals surface area contributed by atoms with Crippen LogP contribution in [0.2, 0.25) is 0 Å². The molecule has 142 valence electrons. The topological polar surface area (TPSA) is 44.1 Å². The van der Waals surface area contributed by atoms with Gasteiger partial charge in [-0.25, -0.2) is 0 Å². The summed E-state index contributed by atoms with van der Waals surface area (Å²) in [6, 6.07) is 26.4. The van der Waals surface area contributed by atoms with Crippen molar-refractivity contribution in [1.82, 2.24) is 4.90 Å². The normalized spacial score (nSPS) is 22.1. The molecule has 3 heteroatoms. The summed E-state index contributed by atoms with van der Waals surface area (Å²) in [5.41, 5.74) is 6.33. The summed E-state index contributed by atoms with van der Waals surface area (Å²) in [6.45, 7) is 3.05. The van der Waals surface area contributed by atoms with Crippen LogP contribution in [0.1, 0.15) is 52.4 Å². The fourth-order valence-electron chi connectivity index (χ4n) is 5.13. The Kier molecular flexibility index (Phi) is 4.21. The molecule has 1 amide bonds. The maximum absolute atomic E-state index is 13.3. The third-order valence-electron chi connectivity index (χ3n) is 6.58. The highest BCUT2D eigenvalue weighted by Crippen LogP contribution is 2.53. The summed E-state index contributed by atoms with van der Waals surface area (Å²) in [7, 11) is 0. The molecule has 5 rings (SSSR count). The minimum absolute atomic E-state index is 0.0581. The molecule has 0 N–H and O–H groups in total. The standard InChI is InChI=1S/C26H22N2O/c1-17-22-13-14-28(26(29)20-9-7-18(16-27)8-10-20)25(17)24-15-21(11-12-23(22)24)19-5-3-2-4-6-19/h2-12,15,17,22,25H,13-14H2,1H3/t17-,22?,25?/m0/s1. The van der Waals surface area contributed by atoms with Gasteiger partial charge >= 0.3 is 0 Å². The Morgan fingerprint density at radius 2 is 1.72 bits per heavy atom. The average molecular weight is 378 g/mol. The Labute approximate surface area is 171 Å². The fourth-order valence-corrected chi connectivity index (χ4v) is 5.13. The highest BCUT2D eigenvalue weighted by atomic mass is 16.2. The summed E-state index contributed by atoms with van der Waals surface area (Å²) in [5, 5.41) is 9.02. The van der Waals surface area contributed by atoms with Gasteiger partial charge in [0.1, 0.15) is 0 Å². The fraction of sp³-hybridized carbons (Fsp3) is 0.231. The number of carbonyl (C=O) groups is 1. The average Bonchev–Trinajstić information content (AvgIpc) is 2.94. The molecule has 2 unspecified atom stereocenters. The zero-order chi connectivity index (χ0) is 20.0. The van der Waals surface area contributed by atoms with Crippen LogP contribution in [0.5, 0.6) is 0 Å². The van der Waals surface area contributed by atoms with E-state index in [1.807, 2.05) is 11.0 Å². The van der Waals surface area contributed by atoms with Crippen LogP contribution in [0.25, 0.3) is 11.1 Å². The van der Waals surface area contributed by atoms with Gasteiger partial charge in [-0.15, -0.1) is 0 Å². The van der Waals surface area contributed by atoms with Crippen molar-refractivity contribution in [2.75, 3.05) is 6.54 Å². The smallest absolute Gasteiger partial charge is 0.254 e. The molecule has 1 saturated heterocycles. The zero-order valence-electron chi connectivity index (χ0n) is 16.4. The van der Waals surface area contributed by atoms with E-state index in [4.69, 9.17) is 5.26 Å². The van der Waals surface area contributed by atoms with Gasteiger partial charge in [-0.1, -0.05) is 49.4 Å². The first-order valence-electron chi connectivity index (χ1n) is 10.2. The Balaban J connectivity index is 1.53. The third-order valence-corrected chi connectivity index (χ3v) is 6.58. The van der Waals surface area contributed by atoms with Crippen LogP contribution < -0.4 is 0 Å². The number of hydrogen-bond acceptors (Lipinski definition) is 2. The van der Waals surface area contributed by atoms with Crippen molar-refractivity contribution in [1.29, 1.82) is 5.26 Å². The van der Waals surface area contributed by atoms with Gasteiger partial charge in [0.15, 0.2) is 0 Å². The van der Waals surface area contributed by atoms with E-state index in [1.165, 1.54) is 22.3 Å². The number of nitrogens with zero attached hydrogens (tertiary/aromatic N) is 2. The minimum atomic E-state index is 0.0581. The third kappa shape index (κ3) is 2.84. The number of rotatable bonds is 2. The molecule has 29 heavy (non-hydrogen) atoms. The second kappa shape index (κ2) is 6.90. The Morgan fingerprint density at radius 3 is 2.45 bits per heavy atom. The molecule has 1 heterocycles. The van der Waals surface area contributed by atoms with Gasteiger partial charge in [0, 0.05) is 12.1 Å². The lowest BCUT2D eigenvalue weighted by Crippen LogP contribution is -2.41. The SMILES string of the molecule is C[C@H]1C2CCN(C(=O)c3ccc(C#N)cc3)C1c1cc(-c3ccccc3)ccc12. The lowest BCUT2D eigenvalue weighted by Gasteiger charge is -2.38. The number of nitriles is 1. The van der Waals surface area contributed by atoms with E-state index in [0.29, 0.717) is 23.0 Å². The summed E-state index contributed by atoms with van der Waals surface area (Å²) in [4.78, 5) is 15.4. The van der Waals surface area contributed by atoms with Gasteiger partial charge in [0.25, 0.3) is 5.91 Å². The van der Waals surface area contributed by atoms with Crippen LogP contribution in [0, 0.1) is 17.2 Å². The van der Waals surface area contributed by atoms with Crippen molar-refractivity contribution in [3.8, 4) is 17.2 Å². The first kappa shape index (κ1) is 17.7. The monoisotopic (exact) mass is 378 g/mol. The van der Waals surface area contributed by atoms with Gasteiger partial charge in [-0.3, -0.25) is 4.79 Å². The molecular weight excluding hydrogens is 356 g/mol. The highest BCUT2D eigenvalue weighted by Gasteiger charge is 2.46. The first-order chi connectivity index (χ1) is 14.2. The number of amides is 1. The molecule has 0 radical (unpaired) electrons. The lowest BCUT2D eigenvalue weighted by atomic mass is 9.85. The van der Waals surface area contributed by atoms with Crippen LogP contribution in [0.4, 0.5) is 0 Å². The lowest BCUT2D eigenvalue weighted by molar-refractivity contribution is 0.0524. The van der Waals surface area contributed by atoms with E-state index in [1.54, 1.807) is 24.3 Å². The molecule has 0 saturated carbocycles. The number of fused-ring (bicyclic) bond motifs is 5. The van der Waals surface area contributed by atoms with Gasteiger partial charge in [-0.2, -0.15) is 5.26 Å². The summed E-state index contributed by atoms with van der Waals surface area (Å²) in [5.74, 6) is 0.986. The molecule has 1 aliphatic heterocycles. The largest absolute Gasteiger partial charge is 0.331 e. The van der Waals surface area contributed by atoms with Crippen molar-refractivity contribution in [3.05, 3.63) is 95.1 Å². The molecule has 3 nitrogen and oxygen atoms in total. The first-order valence-corrected chi connectivity index (χ1v) is 10.2. The number of benzene rings is 3. The van der Waals surface area contributed by atoms with Crippen molar-refractivity contribution in [3.63, 3.8) is 0 Å². The number of carbonyl (C=O) groups excluding carboxylic acids is 1. The van der Waals surface area contributed by atoms with Crippen molar-refractivity contribution in [2.45, 2.75) is 25.3 Å². The van der Waals surface area contributed by atoms with Gasteiger partial charge in [0.05, 0.1) is 17.7 Å². The Hall–Kier alpha value is -3.38. The van der Waals surface area contributed by atoms with Crippen molar-refractivity contribution in [2.24, 2.45) is 5.92 Å². The highest BCUT2D eigenvalue weighted by molar-refractivity contribution is 5.95. The number of piperidine rings is 1. The van der Waals surface area contributed by atoms with Crippen LogP contribution in [0.3, 0.4) is 0 Å². The second-order valence-corrected chi connectivity index (χ2v) is 8.10. The maximum Gasteiger partial charge on any atom is 0.254 e. The van der Waals surface area contributed by atoms with Crippen molar-refractivity contribution < 1.29 is 4.79 Å². The number of hydrogen-bond donors (Lipinski definition) is 0. The van der Waals surface area contributed by atoms with Crippen LogP contribution in [0.15, 0.2) is 72.8 Å². The molecule has 3 aromatic rings. The van der Waals surface area contributed by atoms with Crippen LogP contribution >= 0.6 is 0 Å². The van der Waals surface area contributed by atoms with Crippen LogP contribution in [-0.2, 0) is 0 Å². The molecule has 2 aliphatic rings. The van der Waals surface area contributed by atoms with Gasteiger partial charge in [0.2, 0.25) is 0 Å².